The summed E-state index contributed by atoms with van der Waals surface area (Å²) in [7, 11) is 0. The van der Waals surface area contributed by atoms with Crippen molar-refractivity contribution in [2.45, 2.75) is 20.4 Å². The predicted molar refractivity (Wildman–Crippen MR) is 77.3 cm³/mol. The van der Waals surface area contributed by atoms with Gasteiger partial charge in [-0.15, -0.1) is 0 Å². The molecule has 0 saturated carbocycles. The second kappa shape index (κ2) is 7.01. The lowest BCUT2D eigenvalue weighted by atomic mass is 10.2. The van der Waals surface area contributed by atoms with Gasteiger partial charge in [0.1, 0.15) is 11.6 Å². The Morgan fingerprint density at radius 3 is 2.65 bits per heavy atom. The average molecular weight is 274 g/mol. The molecular weight excluding hydrogens is 255 g/mol. The first-order chi connectivity index (χ1) is 9.63. The van der Waals surface area contributed by atoms with Gasteiger partial charge in [0, 0.05) is 18.8 Å². The molecule has 0 aliphatic heterocycles. The molecule has 0 unspecified atom stereocenters. The highest BCUT2D eigenvalue weighted by atomic mass is 19.1. The fraction of sp³-hybridized carbons (Fsp3) is 0.312. The van der Waals surface area contributed by atoms with E-state index in [1.807, 2.05) is 12.1 Å². The van der Waals surface area contributed by atoms with Gasteiger partial charge in [-0.1, -0.05) is 13.8 Å². The normalized spacial score (nSPS) is 10.8. The van der Waals surface area contributed by atoms with Gasteiger partial charge in [0.2, 0.25) is 5.88 Å². The van der Waals surface area contributed by atoms with Crippen LogP contribution in [0.3, 0.4) is 0 Å². The zero-order valence-corrected chi connectivity index (χ0v) is 11.8. The number of ether oxygens (including phenoxy) is 1. The second-order valence-electron chi connectivity index (χ2n) is 5.08. The van der Waals surface area contributed by atoms with Gasteiger partial charge in [-0.2, -0.15) is 0 Å². The lowest BCUT2D eigenvalue weighted by Gasteiger charge is -2.09. The molecule has 0 bridgehead atoms. The van der Waals surface area contributed by atoms with E-state index in [0.717, 1.165) is 18.7 Å². The molecule has 20 heavy (non-hydrogen) atoms. The molecule has 3 nitrogen and oxygen atoms in total. The zero-order chi connectivity index (χ0) is 14.4. The van der Waals surface area contributed by atoms with Gasteiger partial charge in [-0.3, -0.25) is 0 Å². The topological polar surface area (TPSA) is 34.2 Å². The van der Waals surface area contributed by atoms with Crippen LogP contribution in [0.5, 0.6) is 11.6 Å². The summed E-state index contributed by atoms with van der Waals surface area (Å²) in [4.78, 5) is 4.16. The predicted octanol–water partition coefficient (Wildman–Crippen LogP) is 3.76. The van der Waals surface area contributed by atoms with E-state index >= 15 is 0 Å². The third-order valence-corrected chi connectivity index (χ3v) is 2.72. The fourth-order valence-corrected chi connectivity index (χ4v) is 1.74. The molecule has 0 aliphatic rings. The minimum atomic E-state index is -0.281. The van der Waals surface area contributed by atoms with Crippen molar-refractivity contribution < 1.29 is 9.13 Å². The van der Waals surface area contributed by atoms with E-state index in [0.29, 0.717) is 17.5 Å². The van der Waals surface area contributed by atoms with Crippen molar-refractivity contribution >= 4 is 0 Å². The van der Waals surface area contributed by atoms with Crippen molar-refractivity contribution in [1.82, 2.24) is 10.3 Å². The molecule has 0 saturated heterocycles. The van der Waals surface area contributed by atoms with E-state index in [-0.39, 0.29) is 5.82 Å². The number of pyridine rings is 1. The summed E-state index contributed by atoms with van der Waals surface area (Å²) in [6, 6.07) is 9.73. The number of hydrogen-bond acceptors (Lipinski definition) is 3. The molecule has 0 amide bonds. The maximum atomic E-state index is 12.8. The van der Waals surface area contributed by atoms with Gasteiger partial charge in [0.05, 0.1) is 0 Å². The van der Waals surface area contributed by atoms with Crippen molar-refractivity contribution in [3.63, 3.8) is 0 Å². The van der Waals surface area contributed by atoms with Crippen molar-refractivity contribution in [2.24, 2.45) is 5.92 Å². The minimum absolute atomic E-state index is 0.281. The van der Waals surface area contributed by atoms with Crippen molar-refractivity contribution in [3.8, 4) is 11.6 Å². The summed E-state index contributed by atoms with van der Waals surface area (Å²) in [6.07, 6.45) is 1.71. The van der Waals surface area contributed by atoms with Crippen LogP contribution in [0.15, 0.2) is 42.6 Å². The van der Waals surface area contributed by atoms with Crippen molar-refractivity contribution in [3.05, 3.63) is 54.0 Å². The standard InChI is InChI=1S/C16H19FN2O/c1-12(2)10-18-11-13-7-8-19-16(9-13)20-15-5-3-14(17)4-6-15/h3-9,12,18H,10-11H2,1-2H3. The van der Waals surface area contributed by atoms with E-state index in [1.54, 1.807) is 18.3 Å². The molecule has 1 aromatic heterocycles. The maximum Gasteiger partial charge on any atom is 0.219 e. The molecule has 2 rings (SSSR count). The average Bonchev–Trinajstić information content (AvgIpc) is 2.41. The highest BCUT2D eigenvalue weighted by molar-refractivity contribution is 5.29. The molecule has 1 heterocycles. The quantitative estimate of drug-likeness (QED) is 0.871. The van der Waals surface area contributed by atoms with Gasteiger partial charge < -0.3 is 10.1 Å². The van der Waals surface area contributed by atoms with Crippen LogP contribution in [0.2, 0.25) is 0 Å². The lowest BCUT2D eigenvalue weighted by molar-refractivity contribution is 0.459. The Hall–Kier alpha value is -1.94. The Morgan fingerprint density at radius 2 is 1.95 bits per heavy atom. The number of aromatic nitrogens is 1. The van der Waals surface area contributed by atoms with Gasteiger partial charge in [-0.25, -0.2) is 9.37 Å². The minimum Gasteiger partial charge on any atom is -0.439 e. The maximum absolute atomic E-state index is 12.8. The van der Waals surface area contributed by atoms with Crippen LogP contribution in [0, 0.1) is 11.7 Å². The van der Waals surface area contributed by atoms with E-state index in [1.165, 1.54) is 12.1 Å². The van der Waals surface area contributed by atoms with Gasteiger partial charge in [-0.05, 0) is 48.4 Å². The molecule has 0 spiro atoms. The SMILES string of the molecule is CC(C)CNCc1ccnc(Oc2ccc(F)cc2)c1. The molecule has 0 aliphatic carbocycles. The van der Waals surface area contributed by atoms with E-state index in [4.69, 9.17) is 4.74 Å². The Kier molecular flexibility index (Phi) is 5.07. The number of nitrogens with zero attached hydrogens (tertiary/aromatic N) is 1. The van der Waals surface area contributed by atoms with Gasteiger partial charge >= 0.3 is 0 Å². The summed E-state index contributed by atoms with van der Waals surface area (Å²) in [5, 5.41) is 3.37. The van der Waals surface area contributed by atoms with Crippen LogP contribution in [-0.2, 0) is 6.54 Å². The molecule has 106 valence electrons. The van der Waals surface area contributed by atoms with Crippen LogP contribution in [-0.4, -0.2) is 11.5 Å². The van der Waals surface area contributed by atoms with Crippen LogP contribution in [0.1, 0.15) is 19.4 Å². The molecule has 0 atom stereocenters. The first kappa shape index (κ1) is 14.5. The fourth-order valence-electron chi connectivity index (χ4n) is 1.74. The van der Waals surface area contributed by atoms with Crippen LogP contribution in [0.25, 0.3) is 0 Å². The number of benzene rings is 1. The Labute approximate surface area is 118 Å². The summed E-state index contributed by atoms with van der Waals surface area (Å²) < 4.78 is 18.4. The number of nitrogens with one attached hydrogen (secondary N) is 1. The molecular formula is C16H19FN2O. The summed E-state index contributed by atoms with van der Waals surface area (Å²) >= 11 is 0. The van der Waals surface area contributed by atoms with E-state index in [9.17, 15) is 4.39 Å². The summed E-state index contributed by atoms with van der Waals surface area (Å²) in [5.74, 6) is 1.43. The summed E-state index contributed by atoms with van der Waals surface area (Å²) in [6.45, 7) is 6.09. The number of halogens is 1. The third kappa shape index (κ3) is 4.63. The monoisotopic (exact) mass is 274 g/mol. The van der Waals surface area contributed by atoms with E-state index in [2.05, 4.69) is 24.1 Å². The number of hydrogen-bond donors (Lipinski definition) is 1. The number of rotatable bonds is 6. The molecule has 1 N–H and O–H groups in total. The van der Waals surface area contributed by atoms with Crippen LogP contribution in [0.4, 0.5) is 4.39 Å². The Morgan fingerprint density at radius 1 is 1.20 bits per heavy atom. The highest BCUT2D eigenvalue weighted by Gasteiger charge is 2.01. The molecule has 0 fully saturated rings. The second-order valence-corrected chi connectivity index (χ2v) is 5.08. The van der Waals surface area contributed by atoms with Gasteiger partial charge in [0.15, 0.2) is 0 Å². The molecule has 0 radical (unpaired) electrons. The Balaban J connectivity index is 1.96. The summed E-state index contributed by atoms with van der Waals surface area (Å²) in [5.41, 5.74) is 1.11. The van der Waals surface area contributed by atoms with Crippen molar-refractivity contribution in [1.29, 1.82) is 0 Å². The van der Waals surface area contributed by atoms with Gasteiger partial charge in [0.25, 0.3) is 0 Å². The third-order valence-electron chi connectivity index (χ3n) is 2.72. The van der Waals surface area contributed by atoms with Crippen molar-refractivity contribution in [2.75, 3.05) is 6.54 Å². The van der Waals surface area contributed by atoms with E-state index < -0.39 is 0 Å². The largest absolute Gasteiger partial charge is 0.439 e. The van der Waals surface area contributed by atoms with Crippen LogP contribution < -0.4 is 10.1 Å². The highest BCUT2D eigenvalue weighted by Crippen LogP contribution is 2.20. The Bertz CT molecular complexity index is 540. The molecule has 1 aromatic carbocycles. The first-order valence-electron chi connectivity index (χ1n) is 6.72. The van der Waals surface area contributed by atoms with Crippen LogP contribution >= 0.6 is 0 Å². The smallest absolute Gasteiger partial charge is 0.219 e. The zero-order valence-electron chi connectivity index (χ0n) is 11.8. The lowest BCUT2D eigenvalue weighted by Crippen LogP contribution is -2.18. The molecule has 2 aromatic rings. The molecule has 4 heteroatoms. The first-order valence-corrected chi connectivity index (χ1v) is 6.72.